The average Bonchev–Trinajstić information content (AvgIpc) is 2.40. The molecule has 0 unspecified atom stereocenters. The molecule has 18 heavy (non-hydrogen) atoms. The summed E-state index contributed by atoms with van der Waals surface area (Å²) in [6.45, 7) is 6.71. The molecule has 0 aromatic carbocycles. The summed E-state index contributed by atoms with van der Waals surface area (Å²) in [5.74, 6) is 1.23. The number of ether oxygens (including phenoxy) is 1. The van der Waals surface area contributed by atoms with Crippen molar-refractivity contribution in [2.45, 2.75) is 32.3 Å². The van der Waals surface area contributed by atoms with Gasteiger partial charge in [0.2, 0.25) is 5.95 Å². The lowest BCUT2D eigenvalue weighted by Crippen LogP contribution is -2.50. The van der Waals surface area contributed by atoms with Crippen LogP contribution in [0.25, 0.3) is 0 Å². The number of carbonyl (C=O) groups is 1. The molecule has 1 amide bonds. The second kappa shape index (κ2) is 4.15. The van der Waals surface area contributed by atoms with E-state index in [1.165, 1.54) is 4.68 Å². The highest BCUT2D eigenvalue weighted by molar-refractivity contribution is 5.69. The van der Waals surface area contributed by atoms with Crippen molar-refractivity contribution in [1.82, 2.24) is 19.7 Å². The number of likely N-dealkylation sites (tertiary alicyclic amines) is 1. The number of nitrogen functional groups attached to an aromatic ring is 1. The van der Waals surface area contributed by atoms with Gasteiger partial charge in [-0.2, -0.15) is 10.1 Å². The molecular formula is C11H19N5O2. The fourth-order valence-electron chi connectivity index (χ4n) is 1.71. The Balaban J connectivity index is 1.89. The van der Waals surface area contributed by atoms with Crippen LogP contribution in [0.4, 0.5) is 10.7 Å². The van der Waals surface area contributed by atoms with Gasteiger partial charge < -0.3 is 15.4 Å². The summed E-state index contributed by atoms with van der Waals surface area (Å²) >= 11 is 0. The van der Waals surface area contributed by atoms with E-state index in [0.717, 1.165) is 0 Å². The van der Waals surface area contributed by atoms with Gasteiger partial charge in [-0.1, -0.05) is 0 Å². The van der Waals surface area contributed by atoms with Crippen LogP contribution < -0.4 is 5.73 Å². The minimum absolute atomic E-state index is 0.154. The van der Waals surface area contributed by atoms with E-state index in [0.29, 0.717) is 24.9 Å². The SMILES string of the molecule is Cn1nc(C2CN(C(=O)OC(C)(C)C)C2)nc1N. The number of amides is 1. The molecule has 0 radical (unpaired) electrons. The molecule has 1 aromatic rings. The van der Waals surface area contributed by atoms with E-state index in [4.69, 9.17) is 10.5 Å². The normalized spacial score (nSPS) is 16.6. The van der Waals surface area contributed by atoms with Crippen LogP contribution in [0.15, 0.2) is 0 Å². The van der Waals surface area contributed by atoms with Gasteiger partial charge in [-0.15, -0.1) is 0 Å². The number of nitrogens with zero attached hydrogens (tertiary/aromatic N) is 4. The first-order chi connectivity index (χ1) is 8.26. The first-order valence-electron chi connectivity index (χ1n) is 5.90. The van der Waals surface area contributed by atoms with Crippen LogP contribution in [0.3, 0.4) is 0 Å². The van der Waals surface area contributed by atoms with E-state index in [2.05, 4.69) is 10.1 Å². The van der Waals surface area contributed by atoms with Crippen LogP contribution in [-0.2, 0) is 11.8 Å². The highest BCUT2D eigenvalue weighted by atomic mass is 16.6. The molecule has 0 spiro atoms. The van der Waals surface area contributed by atoms with Gasteiger partial charge in [0.1, 0.15) is 5.60 Å². The highest BCUT2D eigenvalue weighted by Crippen LogP contribution is 2.26. The fraction of sp³-hybridized carbons (Fsp3) is 0.727. The zero-order valence-electron chi connectivity index (χ0n) is 11.2. The predicted octanol–water partition coefficient (Wildman–Crippen LogP) is 0.732. The van der Waals surface area contributed by atoms with E-state index in [1.54, 1.807) is 11.9 Å². The molecule has 1 aliphatic rings. The quantitative estimate of drug-likeness (QED) is 0.797. The largest absolute Gasteiger partial charge is 0.444 e. The molecule has 2 heterocycles. The fourth-order valence-corrected chi connectivity index (χ4v) is 1.71. The number of anilines is 1. The van der Waals surface area contributed by atoms with Crippen LogP contribution in [0.5, 0.6) is 0 Å². The van der Waals surface area contributed by atoms with Gasteiger partial charge in [0.25, 0.3) is 0 Å². The summed E-state index contributed by atoms with van der Waals surface area (Å²) in [7, 11) is 1.75. The van der Waals surface area contributed by atoms with Crippen molar-refractivity contribution in [3.63, 3.8) is 0 Å². The molecule has 0 saturated carbocycles. The number of carbonyl (C=O) groups excluding carboxylic acids is 1. The molecule has 0 atom stereocenters. The Morgan fingerprint density at radius 3 is 2.50 bits per heavy atom. The Morgan fingerprint density at radius 2 is 2.06 bits per heavy atom. The molecule has 1 fully saturated rings. The summed E-state index contributed by atoms with van der Waals surface area (Å²) in [4.78, 5) is 17.5. The molecule has 100 valence electrons. The van der Waals surface area contributed by atoms with Gasteiger partial charge in [0.15, 0.2) is 5.82 Å². The average molecular weight is 253 g/mol. The summed E-state index contributed by atoms with van der Waals surface area (Å²) in [5, 5.41) is 4.20. The van der Waals surface area contributed by atoms with E-state index < -0.39 is 5.60 Å². The van der Waals surface area contributed by atoms with E-state index >= 15 is 0 Å². The first-order valence-corrected chi connectivity index (χ1v) is 5.90. The lowest BCUT2D eigenvalue weighted by molar-refractivity contribution is 0.00753. The van der Waals surface area contributed by atoms with Gasteiger partial charge in [-0.05, 0) is 20.8 Å². The third-order valence-electron chi connectivity index (χ3n) is 2.71. The van der Waals surface area contributed by atoms with Crippen molar-refractivity contribution in [1.29, 1.82) is 0 Å². The monoisotopic (exact) mass is 253 g/mol. The van der Waals surface area contributed by atoms with Gasteiger partial charge >= 0.3 is 6.09 Å². The zero-order valence-corrected chi connectivity index (χ0v) is 11.2. The number of aromatic nitrogens is 3. The first kappa shape index (κ1) is 12.7. The molecule has 1 aromatic heterocycles. The minimum atomic E-state index is -0.462. The molecule has 2 rings (SSSR count). The van der Waals surface area contributed by atoms with Crippen molar-refractivity contribution in [3.05, 3.63) is 5.82 Å². The molecule has 0 bridgehead atoms. The molecule has 0 aliphatic carbocycles. The summed E-state index contributed by atoms with van der Waals surface area (Å²) in [6, 6.07) is 0. The highest BCUT2D eigenvalue weighted by Gasteiger charge is 2.36. The van der Waals surface area contributed by atoms with Crippen LogP contribution in [-0.4, -0.2) is 44.4 Å². The molecule has 1 saturated heterocycles. The second-order valence-electron chi connectivity index (χ2n) is 5.53. The van der Waals surface area contributed by atoms with Gasteiger partial charge in [-0.25, -0.2) is 9.48 Å². The lowest BCUT2D eigenvalue weighted by atomic mass is 10.0. The van der Waals surface area contributed by atoms with E-state index in [-0.39, 0.29) is 12.0 Å². The molecule has 7 nitrogen and oxygen atoms in total. The number of nitrogens with two attached hydrogens (primary N) is 1. The van der Waals surface area contributed by atoms with Gasteiger partial charge in [-0.3, -0.25) is 0 Å². The van der Waals surface area contributed by atoms with Crippen LogP contribution in [0.1, 0.15) is 32.5 Å². The van der Waals surface area contributed by atoms with Crippen molar-refractivity contribution >= 4 is 12.0 Å². The molecule has 2 N–H and O–H groups in total. The molecular weight excluding hydrogens is 234 g/mol. The Kier molecular flexibility index (Phi) is 2.92. The summed E-state index contributed by atoms with van der Waals surface area (Å²) in [5.41, 5.74) is 5.16. The third kappa shape index (κ3) is 2.55. The van der Waals surface area contributed by atoms with Crippen molar-refractivity contribution in [2.24, 2.45) is 7.05 Å². The number of hydrogen-bond donors (Lipinski definition) is 1. The third-order valence-corrected chi connectivity index (χ3v) is 2.71. The Hall–Kier alpha value is -1.79. The Bertz CT molecular complexity index is 437. The smallest absolute Gasteiger partial charge is 0.410 e. The number of aryl methyl sites for hydroxylation is 1. The standard InChI is InChI=1S/C11H19N5O2/c1-11(2,3)18-10(17)16-5-7(6-16)8-13-9(12)15(4)14-8/h7H,5-6H2,1-4H3,(H2,12,13,14). The number of hydrogen-bond acceptors (Lipinski definition) is 5. The van der Waals surface area contributed by atoms with Crippen LogP contribution in [0, 0.1) is 0 Å². The lowest BCUT2D eigenvalue weighted by Gasteiger charge is -2.38. The van der Waals surface area contributed by atoms with Gasteiger partial charge in [0.05, 0.1) is 5.92 Å². The van der Waals surface area contributed by atoms with Crippen LogP contribution >= 0.6 is 0 Å². The minimum Gasteiger partial charge on any atom is -0.444 e. The summed E-state index contributed by atoms with van der Waals surface area (Å²) in [6.07, 6.45) is -0.289. The van der Waals surface area contributed by atoms with Crippen molar-refractivity contribution in [3.8, 4) is 0 Å². The molecule has 7 heteroatoms. The van der Waals surface area contributed by atoms with E-state index in [1.807, 2.05) is 20.8 Å². The summed E-state index contributed by atoms with van der Waals surface area (Å²) < 4.78 is 6.80. The zero-order chi connectivity index (χ0) is 13.5. The van der Waals surface area contributed by atoms with E-state index in [9.17, 15) is 4.79 Å². The maximum absolute atomic E-state index is 11.7. The Morgan fingerprint density at radius 1 is 1.44 bits per heavy atom. The molecule has 1 aliphatic heterocycles. The van der Waals surface area contributed by atoms with Crippen molar-refractivity contribution < 1.29 is 9.53 Å². The Labute approximate surface area is 106 Å². The second-order valence-corrected chi connectivity index (χ2v) is 5.53. The predicted molar refractivity (Wildman–Crippen MR) is 66.0 cm³/mol. The maximum atomic E-state index is 11.7. The number of rotatable bonds is 1. The van der Waals surface area contributed by atoms with Crippen LogP contribution in [0.2, 0.25) is 0 Å². The topological polar surface area (TPSA) is 86.3 Å². The van der Waals surface area contributed by atoms with Crippen molar-refractivity contribution in [2.75, 3.05) is 18.8 Å². The van der Waals surface area contributed by atoms with Gasteiger partial charge in [0, 0.05) is 20.1 Å². The maximum Gasteiger partial charge on any atom is 0.410 e.